The summed E-state index contributed by atoms with van der Waals surface area (Å²) in [5.41, 5.74) is 0. The summed E-state index contributed by atoms with van der Waals surface area (Å²) in [5.74, 6) is 0. The first kappa shape index (κ1) is 5.69. The van der Waals surface area contributed by atoms with E-state index in [4.69, 9.17) is 0 Å². The molecule has 51 valence electrons. The predicted molar refractivity (Wildman–Crippen MR) is 36.6 cm³/mol. The normalized spacial score (nSPS) is 42.7. The van der Waals surface area contributed by atoms with Gasteiger partial charge in [-0.3, -0.25) is 10.6 Å². The molecule has 2 N–H and O–H groups in total. The molecule has 1 aliphatic carbocycles. The Kier molecular flexibility index (Phi) is 1.44. The Labute approximate surface area is 56.0 Å². The lowest BCUT2D eigenvalue weighted by Gasteiger charge is -2.23. The van der Waals surface area contributed by atoms with Gasteiger partial charge in [0.1, 0.15) is 0 Å². The van der Waals surface area contributed by atoms with Crippen molar-refractivity contribution in [1.82, 2.24) is 10.6 Å². The number of hydrogen-bond acceptors (Lipinski definition) is 2. The monoisotopic (exact) mass is 125 g/mol. The van der Waals surface area contributed by atoms with E-state index in [0.717, 1.165) is 12.1 Å². The molecule has 2 aliphatic rings. The second kappa shape index (κ2) is 2.27. The van der Waals surface area contributed by atoms with Crippen molar-refractivity contribution >= 4 is 0 Å². The SMILES string of the molecule is [CH]1NC2CCCCC2N1. The van der Waals surface area contributed by atoms with Crippen LogP contribution < -0.4 is 10.6 Å². The highest BCUT2D eigenvalue weighted by Gasteiger charge is 2.28. The van der Waals surface area contributed by atoms with Crippen LogP contribution in [0, 0.1) is 6.67 Å². The van der Waals surface area contributed by atoms with Gasteiger partial charge in [0.05, 0.1) is 6.67 Å². The Bertz CT molecular complexity index is 91.1. The van der Waals surface area contributed by atoms with Crippen molar-refractivity contribution in [2.24, 2.45) is 0 Å². The summed E-state index contributed by atoms with van der Waals surface area (Å²) in [6, 6.07) is 1.50. The highest BCUT2D eigenvalue weighted by atomic mass is 15.2. The fourth-order valence-electron chi connectivity index (χ4n) is 1.79. The largest absolute Gasteiger partial charge is 0.295 e. The zero-order valence-corrected chi connectivity index (χ0v) is 5.56. The molecule has 0 amide bonds. The molecule has 1 aliphatic heterocycles. The first-order valence-corrected chi connectivity index (χ1v) is 3.80. The van der Waals surface area contributed by atoms with Gasteiger partial charge in [0, 0.05) is 12.1 Å². The van der Waals surface area contributed by atoms with Crippen molar-refractivity contribution in [3.05, 3.63) is 6.67 Å². The first-order valence-electron chi connectivity index (χ1n) is 3.80. The Morgan fingerprint density at radius 1 is 1.00 bits per heavy atom. The summed E-state index contributed by atoms with van der Waals surface area (Å²) >= 11 is 0. The molecule has 1 saturated heterocycles. The Balaban J connectivity index is 1.97. The summed E-state index contributed by atoms with van der Waals surface area (Å²) in [6.45, 7) is 2.00. The van der Waals surface area contributed by atoms with Crippen LogP contribution in [0.4, 0.5) is 0 Å². The van der Waals surface area contributed by atoms with Crippen LogP contribution in [0.2, 0.25) is 0 Å². The van der Waals surface area contributed by atoms with Crippen molar-refractivity contribution in [2.75, 3.05) is 0 Å². The van der Waals surface area contributed by atoms with Crippen LogP contribution in [0.25, 0.3) is 0 Å². The van der Waals surface area contributed by atoms with Gasteiger partial charge in [-0.15, -0.1) is 0 Å². The molecular weight excluding hydrogens is 112 g/mol. The molecule has 2 unspecified atom stereocenters. The third kappa shape index (κ3) is 0.970. The third-order valence-corrected chi connectivity index (χ3v) is 2.36. The van der Waals surface area contributed by atoms with Gasteiger partial charge < -0.3 is 0 Å². The summed E-state index contributed by atoms with van der Waals surface area (Å²) < 4.78 is 0. The summed E-state index contributed by atoms with van der Waals surface area (Å²) in [5, 5.41) is 6.64. The van der Waals surface area contributed by atoms with Crippen molar-refractivity contribution in [2.45, 2.75) is 37.8 Å². The molecule has 0 aromatic heterocycles. The standard InChI is InChI=1S/C7H13N2/c1-2-4-7-6(3-1)8-5-9-7/h5-9H,1-4H2. The van der Waals surface area contributed by atoms with E-state index in [1.54, 1.807) is 0 Å². The zero-order chi connectivity index (χ0) is 6.10. The van der Waals surface area contributed by atoms with Crippen LogP contribution in [0.3, 0.4) is 0 Å². The van der Waals surface area contributed by atoms with Crippen LogP contribution in [-0.4, -0.2) is 12.1 Å². The number of nitrogens with one attached hydrogen (secondary N) is 2. The Morgan fingerprint density at radius 3 is 2.11 bits per heavy atom. The lowest BCUT2D eigenvalue weighted by Crippen LogP contribution is -2.36. The van der Waals surface area contributed by atoms with Gasteiger partial charge in [-0.05, 0) is 12.8 Å². The average molecular weight is 125 g/mol. The van der Waals surface area contributed by atoms with Crippen molar-refractivity contribution < 1.29 is 0 Å². The molecule has 2 atom stereocenters. The lowest BCUT2D eigenvalue weighted by atomic mass is 9.92. The minimum absolute atomic E-state index is 0.749. The second-order valence-electron chi connectivity index (χ2n) is 2.98. The van der Waals surface area contributed by atoms with Crippen LogP contribution in [0.1, 0.15) is 25.7 Å². The second-order valence-corrected chi connectivity index (χ2v) is 2.98. The number of hydrogen-bond donors (Lipinski definition) is 2. The molecule has 1 saturated carbocycles. The van der Waals surface area contributed by atoms with Crippen molar-refractivity contribution in [3.63, 3.8) is 0 Å². The van der Waals surface area contributed by atoms with Gasteiger partial charge in [-0.25, -0.2) is 0 Å². The topological polar surface area (TPSA) is 24.1 Å². The van der Waals surface area contributed by atoms with E-state index in [0.29, 0.717) is 0 Å². The maximum absolute atomic E-state index is 3.32. The molecule has 9 heavy (non-hydrogen) atoms. The van der Waals surface area contributed by atoms with E-state index in [2.05, 4.69) is 10.6 Å². The fraction of sp³-hybridized carbons (Fsp3) is 0.857. The predicted octanol–water partition coefficient (Wildman–Crippen LogP) is 0.610. The van der Waals surface area contributed by atoms with Gasteiger partial charge in [-0.2, -0.15) is 0 Å². The Hall–Kier alpha value is -0.0800. The van der Waals surface area contributed by atoms with Crippen LogP contribution in [0.5, 0.6) is 0 Å². The molecule has 2 nitrogen and oxygen atoms in total. The summed E-state index contributed by atoms with van der Waals surface area (Å²) in [4.78, 5) is 0. The van der Waals surface area contributed by atoms with Crippen molar-refractivity contribution in [1.29, 1.82) is 0 Å². The minimum Gasteiger partial charge on any atom is -0.295 e. The number of fused-ring (bicyclic) bond motifs is 1. The van der Waals surface area contributed by atoms with Crippen LogP contribution >= 0.6 is 0 Å². The minimum atomic E-state index is 0.749. The van der Waals surface area contributed by atoms with Gasteiger partial charge in [0.2, 0.25) is 0 Å². The molecule has 2 fully saturated rings. The highest BCUT2D eigenvalue weighted by Crippen LogP contribution is 2.21. The molecule has 0 aromatic rings. The number of rotatable bonds is 0. The molecule has 2 heteroatoms. The van der Waals surface area contributed by atoms with E-state index in [1.165, 1.54) is 25.7 Å². The quantitative estimate of drug-likeness (QED) is 0.495. The zero-order valence-electron chi connectivity index (χ0n) is 5.56. The van der Waals surface area contributed by atoms with Crippen LogP contribution in [0.15, 0.2) is 0 Å². The van der Waals surface area contributed by atoms with E-state index in [-0.39, 0.29) is 0 Å². The first-order chi connectivity index (χ1) is 4.47. The lowest BCUT2D eigenvalue weighted by molar-refractivity contribution is 0.374. The van der Waals surface area contributed by atoms with Gasteiger partial charge in [-0.1, -0.05) is 12.8 Å². The van der Waals surface area contributed by atoms with Gasteiger partial charge >= 0.3 is 0 Å². The van der Waals surface area contributed by atoms with E-state index < -0.39 is 0 Å². The molecule has 1 heterocycles. The molecule has 0 bridgehead atoms. The maximum atomic E-state index is 3.32. The molecular formula is C7H13N2. The van der Waals surface area contributed by atoms with Crippen molar-refractivity contribution in [3.8, 4) is 0 Å². The highest BCUT2D eigenvalue weighted by molar-refractivity contribution is 4.94. The average Bonchev–Trinajstić information content (AvgIpc) is 2.33. The fourth-order valence-corrected chi connectivity index (χ4v) is 1.79. The molecule has 0 spiro atoms. The van der Waals surface area contributed by atoms with Gasteiger partial charge in [0.25, 0.3) is 0 Å². The Morgan fingerprint density at radius 2 is 1.56 bits per heavy atom. The smallest absolute Gasteiger partial charge is 0.0871 e. The third-order valence-electron chi connectivity index (χ3n) is 2.36. The van der Waals surface area contributed by atoms with Gasteiger partial charge in [0.15, 0.2) is 0 Å². The maximum Gasteiger partial charge on any atom is 0.0871 e. The summed E-state index contributed by atoms with van der Waals surface area (Å²) in [6.07, 6.45) is 5.52. The van der Waals surface area contributed by atoms with E-state index in [9.17, 15) is 0 Å². The van der Waals surface area contributed by atoms with E-state index in [1.807, 2.05) is 6.67 Å². The summed E-state index contributed by atoms with van der Waals surface area (Å²) in [7, 11) is 0. The van der Waals surface area contributed by atoms with E-state index >= 15 is 0 Å². The van der Waals surface area contributed by atoms with Crippen LogP contribution in [-0.2, 0) is 0 Å². The molecule has 2 rings (SSSR count). The molecule has 0 aromatic carbocycles. The molecule has 1 radical (unpaired) electrons.